The lowest BCUT2D eigenvalue weighted by Gasteiger charge is -2.14. The standard InChI is InChI=1S/C18H15F2N3O4S/c1-7-12-16(25)21-9(3)22-17(12)28-14(7)18(26)27-8(2)15(24)23-13-10(19)5-4-6-11(13)20/h4-6,8H,1-3H3,(H,23,24)(H,21,22,25)/t8-/m0/s1. The van der Waals surface area contributed by atoms with E-state index in [2.05, 4.69) is 15.3 Å². The predicted molar refractivity (Wildman–Crippen MR) is 99.6 cm³/mol. The minimum Gasteiger partial charge on any atom is -0.448 e. The van der Waals surface area contributed by atoms with Crippen LogP contribution in [0.25, 0.3) is 10.2 Å². The summed E-state index contributed by atoms with van der Waals surface area (Å²) in [5.74, 6) is -3.24. The molecule has 0 bridgehead atoms. The van der Waals surface area contributed by atoms with E-state index >= 15 is 0 Å². The molecule has 0 fully saturated rings. The lowest BCUT2D eigenvalue weighted by atomic mass is 10.2. The normalized spacial score (nSPS) is 12.0. The molecule has 0 radical (unpaired) electrons. The second-order valence-electron chi connectivity index (χ2n) is 6.02. The summed E-state index contributed by atoms with van der Waals surface area (Å²) >= 11 is 0.966. The van der Waals surface area contributed by atoms with Gasteiger partial charge in [0.25, 0.3) is 11.5 Å². The van der Waals surface area contributed by atoms with Crippen LogP contribution in [0.5, 0.6) is 0 Å². The third-order valence-electron chi connectivity index (χ3n) is 3.97. The number of rotatable bonds is 4. The Bertz CT molecular complexity index is 1140. The van der Waals surface area contributed by atoms with Crippen molar-refractivity contribution in [1.29, 1.82) is 0 Å². The highest BCUT2D eigenvalue weighted by Crippen LogP contribution is 2.28. The summed E-state index contributed by atoms with van der Waals surface area (Å²) in [6, 6.07) is 3.14. The Morgan fingerprint density at radius 1 is 1.25 bits per heavy atom. The molecule has 7 nitrogen and oxygen atoms in total. The number of amides is 1. The molecule has 1 aromatic carbocycles. The average Bonchev–Trinajstić information content (AvgIpc) is 2.94. The fourth-order valence-electron chi connectivity index (χ4n) is 2.56. The SMILES string of the molecule is Cc1nc2sc(C(=O)O[C@@H](C)C(=O)Nc3c(F)cccc3F)c(C)c2c(=O)[nH]1. The quantitative estimate of drug-likeness (QED) is 0.648. The average molecular weight is 407 g/mol. The number of fused-ring (bicyclic) bond motifs is 1. The first-order chi connectivity index (χ1) is 13.2. The van der Waals surface area contributed by atoms with Crippen LogP contribution in [0, 0.1) is 25.5 Å². The Kier molecular flexibility index (Phi) is 5.23. The number of esters is 1. The van der Waals surface area contributed by atoms with Crippen LogP contribution >= 0.6 is 11.3 Å². The molecular weight excluding hydrogens is 392 g/mol. The van der Waals surface area contributed by atoms with Gasteiger partial charge < -0.3 is 15.0 Å². The van der Waals surface area contributed by atoms with Gasteiger partial charge in [-0.3, -0.25) is 9.59 Å². The maximum Gasteiger partial charge on any atom is 0.349 e. The Labute approximate surface area is 161 Å². The number of aryl methyl sites for hydroxylation is 2. The zero-order valence-corrected chi connectivity index (χ0v) is 15.9. The zero-order valence-electron chi connectivity index (χ0n) is 15.1. The number of nitrogens with one attached hydrogen (secondary N) is 2. The Balaban J connectivity index is 1.80. The molecule has 2 heterocycles. The lowest BCUT2D eigenvalue weighted by molar-refractivity contribution is -0.123. The first-order valence-corrected chi connectivity index (χ1v) is 8.96. The van der Waals surface area contributed by atoms with E-state index in [9.17, 15) is 23.2 Å². The molecule has 3 aromatic rings. The van der Waals surface area contributed by atoms with Crippen molar-refractivity contribution in [2.24, 2.45) is 0 Å². The molecule has 28 heavy (non-hydrogen) atoms. The second kappa shape index (κ2) is 7.47. The first kappa shape index (κ1) is 19.6. The molecule has 3 rings (SSSR count). The molecule has 0 unspecified atom stereocenters. The van der Waals surface area contributed by atoms with Crippen molar-refractivity contribution >= 4 is 39.1 Å². The number of aromatic nitrogens is 2. The highest BCUT2D eigenvalue weighted by Gasteiger charge is 2.25. The van der Waals surface area contributed by atoms with Gasteiger partial charge in [0, 0.05) is 0 Å². The van der Waals surface area contributed by atoms with Crippen molar-refractivity contribution in [2.75, 3.05) is 5.32 Å². The number of hydrogen-bond donors (Lipinski definition) is 2. The Morgan fingerprint density at radius 3 is 2.54 bits per heavy atom. The number of benzene rings is 1. The van der Waals surface area contributed by atoms with E-state index in [0.29, 0.717) is 16.2 Å². The van der Waals surface area contributed by atoms with Gasteiger partial charge in [-0.25, -0.2) is 18.6 Å². The summed E-state index contributed by atoms with van der Waals surface area (Å²) in [6.45, 7) is 4.45. The number of aromatic amines is 1. The van der Waals surface area contributed by atoms with Gasteiger partial charge in [0.2, 0.25) is 0 Å². The van der Waals surface area contributed by atoms with Crippen LogP contribution in [0.3, 0.4) is 0 Å². The van der Waals surface area contributed by atoms with Gasteiger partial charge in [0.15, 0.2) is 6.10 Å². The molecule has 1 amide bonds. The van der Waals surface area contributed by atoms with Gasteiger partial charge in [-0.15, -0.1) is 11.3 Å². The molecule has 146 valence electrons. The van der Waals surface area contributed by atoms with Crippen LogP contribution in [0.15, 0.2) is 23.0 Å². The van der Waals surface area contributed by atoms with Crippen molar-refractivity contribution < 1.29 is 23.1 Å². The van der Waals surface area contributed by atoms with Crippen LogP contribution < -0.4 is 10.9 Å². The number of anilines is 1. The molecule has 2 N–H and O–H groups in total. The van der Waals surface area contributed by atoms with E-state index in [4.69, 9.17) is 4.74 Å². The molecular formula is C18H15F2N3O4S. The molecule has 1 atom stereocenters. The van der Waals surface area contributed by atoms with Gasteiger partial charge in [-0.2, -0.15) is 0 Å². The molecule has 0 aliphatic rings. The summed E-state index contributed by atoms with van der Waals surface area (Å²) in [6.07, 6.45) is -1.33. The molecule has 2 aromatic heterocycles. The summed E-state index contributed by atoms with van der Waals surface area (Å²) < 4.78 is 32.4. The molecule has 10 heteroatoms. The maximum atomic E-state index is 13.6. The second-order valence-corrected chi connectivity index (χ2v) is 7.02. The summed E-state index contributed by atoms with van der Waals surface area (Å²) in [4.78, 5) is 43.9. The largest absolute Gasteiger partial charge is 0.448 e. The number of nitrogens with zero attached hydrogens (tertiary/aromatic N) is 1. The van der Waals surface area contributed by atoms with E-state index < -0.39 is 35.3 Å². The van der Waals surface area contributed by atoms with Crippen molar-refractivity contribution in [2.45, 2.75) is 26.9 Å². The van der Waals surface area contributed by atoms with E-state index in [1.165, 1.54) is 6.92 Å². The molecule has 0 saturated carbocycles. The van der Waals surface area contributed by atoms with E-state index in [1.54, 1.807) is 13.8 Å². The predicted octanol–water partition coefficient (Wildman–Crippen LogP) is 3.06. The maximum absolute atomic E-state index is 13.6. The van der Waals surface area contributed by atoms with Crippen LogP contribution in [0.1, 0.15) is 28.0 Å². The molecule has 0 spiro atoms. The third-order valence-corrected chi connectivity index (χ3v) is 5.13. The number of carbonyl (C=O) groups excluding carboxylic acids is 2. The van der Waals surface area contributed by atoms with Crippen molar-refractivity contribution in [3.8, 4) is 0 Å². The van der Waals surface area contributed by atoms with E-state index in [-0.39, 0.29) is 15.8 Å². The van der Waals surface area contributed by atoms with E-state index in [1.807, 2.05) is 0 Å². The number of carbonyl (C=O) groups is 2. The molecule has 0 aliphatic heterocycles. The third kappa shape index (κ3) is 3.63. The van der Waals surface area contributed by atoms with Gasteiger partial charge in [-0.05, 0) is 38.5 Å². The smallest absolute Gasteiger partial charge is 0.349 e. The number of ether oxygens (including phenoxy) is 1. The topological polar surface area (TPSA) is 101 Å². The minimum atomic E-state index is -1.33. The summed E-state index contributed by atoms with van der Waals surface area (Å²) in [7, 11) is 0. The molecule has 0 aliphatic carbocycles. The highest BCUT2D eigenvalue weighted by atomic mass is 32.1. The van der Waals surface area contributed by atoms with Gasteiger partial charge in [0.05, 0.1) is 5.39 Å². The number of thiophene rings is 1. The monoisotopic (exact) mass is 407 g/mol. The fraction of sp³-hybridized carbons (Fsp3) is 0.222. The first-order valence-electron chi connectivity index (χ1n) is 8.15. The van der Waals surface area contributed by atoms with Gasteiger partial charge in [0.1, 0.15) is 32.9 Å². The van der Waals surface area contributed by atoms with Crippen LogP contribution in [-0.2, 0) is 9.53 Å². The number of para-hydroxylation sites is 1. The van der Waals surface area contributed by atoms with Crippen LogP contribution in [0.4, 0.5) is 14.5 Å². The van der Waals surface area contributed by atoms with E-state index in [0.717, 1.165) is 29.5 Å². The van der Waals surface area contributed by atoms with Crippen molar-refractivity contribution in [3.63, 3.8) is 0 Å². The Hall–Kier alpha value is -3.14. The number of hydrogen-bond acceptors (Lipinski definition) is 6. The fourth-order valence-corrected chi connectivity index (χ4v) is 3.67. The van der Waals surface area contributed by atoms with Crippen LogP contribution in [0.2, 0.25) is 0 Å². The Morgan fingerprint density at radius 2 is 1.89 bits per heavy atom. The van der Waals surface area contributed by atoms with Crippen molar-refractivity contribution in [1.82, 2.24) is 9.97 Å². The highest BCUT2D eigenvalue weighted by molar-refractivity contribution is 7.20. The van der Waals surface area contributed by atoms with Gasteiger partial charge in [-0.1, -0.05) is 6.07 Å². The summed E-state index contributed by atoms with van der Waals surface area (Å²) in [5.41, 5.74) is -0.623. The number of H-pyrrole nitrogens is 1. The summed E-state index contributed by atoms with van der Waals surface area (Å²) in [5, 5.41) is 2.33. The van der Waals surface area contributed by atoms with Gasteiger partial charge >= 0.3 is 5.97 Å². The van der Waals surface area contributed by atoms with Crippen LogP contribution in [-0.4, -0.2) is 27.9 Å². The molecule has 0 saturated heterocycles. The van der Waals surface area contributed by atoms with Crippen molar-refractivity contribution in [3.05, 3.63) is 56.5 Å². The zero-order chi connectivity index (χ0) is 20.6. The number of halogens is 2. The minimum absolute atomic E-state index is 0.121. The lowest BCUT2D eigenvalue weighted by Crippen LogP contribution is -2.30.